The zero-order valence-corrected chi connectivity index (χ0v) is 13.2. The molecule has 0 unspecified atom stereocenters. The van der Waals surface area contributed by atoms with Crippen LogP contribution in [0, 0.1) is 6.92 Å². The van der Waals surface area contributed by atoms with Crippen molar-refractivity contribution >= 4 is 11.6 Å². The standard InChI is InChI=1S/C16H22N4O2/c1-3-9-22-13-5-4-8-19(11-13)16(21)14-10-12(2)18-15-6-7-17-20(14)15/h6-7,10,13H,3-5,8-9,11H2,1-2H3/t13-/m0/s1. The number of rotatable bonds is 4. The number of hydrogen-bond donors (Lipinski definition) is 0. The summed E-state index contributed by atoms with van der Waals surface area (Å²) in [6, 6.07) is 3.62. The zero-order valence-electron chi connectivity index (χ0n) is 13.2. The number of aryl methyl sites for hydroxylation is 1. The number of hydrogen-bond acceptors (Lipinski definition) is 4. The van der Waals surface area contributed by atoms with Crippen molar-refractivity contribution in [2.24, 2.45) is 0 Å². The molecule has 3 heterocycles. The molecule has 6 nitrogen and oxygen atoms in total. The van der Waals surface area contributed by atoms with Gasteiger partial charge in [0, 0.05) is 31.5 Å². The third kappa shape index (κ3) is 2.97. The lowest BCUT2D eigenvalue weighted by molar-refractivity contribution is 0.00182. The van der Waals surface area contributed by atoms with Gasteiger partial charge in [0.2, 0.25) is 0 Å². The summed E-state index contributed by atoms with van der Waals surface area (Å²) in [6.45, 7) is 6.18. The van der Waals surface area contributed by atoms with Gasteiger partial charge in [-0.3, -0.25) is 4.79 Å². The fourth-order valence-corrected chi connectivity index (χ4v) is 2.90. The van der Waals surface area contributed by atoms with E-state index in [2.05, 4.69) is 17.0 Å². The van der Waals surface area contributed by atoms with Gasteiger partial charge in [0.05, 0.1) is 12.3 Å². The number of amides is 1. The molecule has 0 bridgehead atoms. The minimum Gasteiger partial charge on any atom is -0.376 e. The number of carbonyl (C=O) groups is 1. The Balaban J connectivity index is 1.81. The summed E-state index contributed by atoms with van der Waals surface area (Å²) in [5.41, 5.74) is 2.11. The molecule has 1 aliphatic rings. The molecule has 1 fully saturated rings. The van der Waals surface area contributed by atoms with Crippen molar-refractivity contribution in [3.8, 4) is 0 Å². The van der Waals surface area contributed by atoms with Crippen LogP contribution in [0.4, 0.5) is 0 Å². The van der Waals surface area contributed by atoms with Gasteiger partial charge in [-0.25, -0.2) is 9.50 Å². The molecular formula is C16H22N4O2. The van der Waals surface area contributed by atoms with Gasteiger partial charge in [-0.1, -0.05) is 6.92 Å². The van der Waals surface area contributed by atoms with Crippen molar-refractivity contribution in [2.45, 2.75) is 39.2 Å². The van der Waals surface area contributed by atoms with Gasteiger partial charge in [-0.2, -0.15) is 5.10 Å². The molecule has 118 valence electrons. The van der Waals surface area contributed by atoms with Crippen LogP contribution in [-0.4, -0.2) is 51.2 Å². The van der Waals surface area contributed by atoms with Crippen molar-refractivity contribution in [2.75, 3.05) is 19.7 Å². The van der Waals surface area contributed by atoms with E-state index in [1.165, 1.54) is 0 Å². The first-order valence-corrected chi connectivity index (χ1v) is 7.91. The van der Waals surface area contributed by atoms with E-state index in [1.807, 2.05) is 17.9 Å². The molecule has 1 saturated heterocycles. The summed E-state index contributed by atoms with van der Waals surface area (Å²) in [4.78, 5) is 19.1. The molecule has 1 atom stereocenters. The second-order valence-electron chi connectivity index (χ2n) is 5.77. The fourth-order valence-electron chi connectivity index (χ4n) is 2.90. The van der Waals surface area contributed by atoms with E-state index in [-0.39, 0.29) is 12.0 Å². The molecule has 1 aliphatic heterocycles. The van der Waals surface area contributed by atoms with Crippen LogP contribution in [0.25, 0.3) is 5.65 Å². The first-order chi connectivity index (χ1) is 10.7. The predicted octanol–water partition coefficient (Wildman–Crippen LogP) is 2.07. The maximum Gasteiger partial charge on any atom is 0.272 e. The summed E-state index contributed by atoms with van der Waals surface area (Å²) in [7, 11) is 0. The van der Waals surface area contributed by atoms with Crippen molar-refractivity contribution in [3.63, 3.8) is 0 Å². The Morgan fingerprint density at radius 2 is 2.36 bits per heavy atom. The highest BCUT2D eigenvalue weighted by atomic mass is 16.5. The van der Waals surface area contributed by atoms with Crippen molar-refractivity contribution < 1.29 is 9.53 Å². The molecule has 0 radical (unpaired) electrons. The second-order valence-corrected chi connectivity index (χ2v) is 5.77. The van der Waals surface area contributed by atoms with Gasteiger partial charge in [0.15, 0.2) is 5.65 Å². The van der Waals surface area contributed by atoms with Gasteiger partial charge in [0.25, 0.3) is 5.91 Å². The molecule has 2 aromatic rings. The van der Waals surface area contributed by atoms with E-state index >= 15 is 0 Å². The average Bonchev–Trinajstić information content (AvgIpc) is 2.99. The molecule has 0 saturated carbocycles. The molecule has 2 aromatic heterocycles. The molecule has 0 aromatic carbocycles. The topological polar surface area (TPSA) is 59.7 Å². The SMILES string of the molecule is CCCO[C@H]1CCCN(C(=O)c2cc(C)nc3ccnn23)C1. The first-order valence-electron chi connectivity index (χ1n) is 7.91. The van der Waals surface area contributed by atoms with Crippen LogP contribution in [0.2, 0.25) is 0 Å². The number of piperidine rings is 1. The number of fused-ring (bicyclic) bond motifs is 1. The van der Waals surface area contributed by atoms with E-state index in [4.69, 9.17) is 4.74 Å². The van der Waals surface area contributed by atoms with E-state index in [1.54, 1.807) is 16.8 Å². The summed E-state index contributed by atoms with van der Waals surface area (Å²) >= 11 is 0. The van der Waals surface area contributed by atoms with E-state index in [0.29, 0.717) is 17.9 Å². The highest BCUT2D eigenvalue weighted by molar-refractivity contribution is 5.93. The third-order valence-corrected chi connectivity index (χ3v) is 3.93. The molecule has 0 N–H and O–H groups in total. The van der Waals surface area contributed by atoms with Crippen LogP contribution in [0.1, 0.15) is 42.4 Å². The third-order valence-electron chi connectivity index (χ3n) is 3.93. The molecule has 1 amide bonds. The van der Waals surface area contributed by atoms with Gasteiger partial charge in [-0.15, -0.1) is 0 Å². The Morgan fingerprint density at radius 1 is 1.50 bits per heavy atom. The van der Waals surface area contributed by atoms with Gasteiger partial charge in [-0.05, 0) is 32.3 Å². The molecular weight excluding hydrogens is 280 g/mol. The Bertz CT molecular complexity index is 667. The molecule has 3 rings (SSSR count). The Kier molecular flexibility index (Phi) is 4.38. The molecule has 22 heavy (non-hydrogen) atoms. The largest absolute Gasteiger partial charge is 0.376 e. The number of likely N-dealkylation sites (tertiary alicyclic amines) is 1. The van der Waals surface area contributed by atoms with Crippen molar-refractivity contribution in [1.82, 2.24) is 19.5 Å². The van der Waals surface area contributed by atoms with Crippen LogP contribution in [0.3, 0.4) is 0 Å². The minimum atomic E-state index is 0.00370. The number of ether oxygens (including phenoxy) is 1. The van der Waals surface area contributed by atoms with Crippen LogP contribution in [0.15, 0.2) is 18.3 Å². The van der Waals surface area contributed by atoms with Crippen LogP contribution in [0.5, 0.6) is 0 Å². The zero-order chi connectivity index (χ0) is 15.5. The normalized spacial score (nSPS) is 18.8. The summed E-state index contributed by atoms with van der Waals surface area (Å²) in [5, 5.41) is 4.22. The number of aromatic nitrogens is 3. The maximum atomic E-state index is 12.9. The second kappa shape index (κ2) is 6.44. The van der Waals surface area contributed by atoms with E-state index in [9.17, 15) is 4.79 Å². The fraction of sp³-hybridized carbons (Fsp3) is 0.562. The summed E-state index contributed by atoms with van der Waals surface area (Å²) < 4.78 is 7.43. The number of carbonyl (C=O) groups excluding carboxylic acids is 1. The van der Waals surface area contributed by atoms with E-state index in [0.717, 1.165) is 38.1 Å². The van der Waals surface area contributed by atoms with Gasteiger partial charge in [0.1, 0.15) is 5.69 Å². The molecule has 0 spiro atoms. The molecule has 0 aliphatic carbocycles. The lowest BCUT2D eigenvalue weighted by Gasteiger charge is -2.32. The summed E-state index contributed by atoms with van der Waals surface area (Å²) in [5.74, 6) is 0.00370. The Labute approximate surface area is 130 Å². The predicted molar refractivity (Wildman–Crippen MR) is 82.9 cm³/mol. The first kappa shape index (κ1) is 15.0. The smallest absolute Gasteiger partial charge is 0.272 e. The average molecular weight is 302 g/mol. The summed E-state index contributed by atoms with van der Waals surface area (Å²) in [6.07, 6.45) is 4.82. The van der Waals surface area contributed by atoms with Crippen LogP contribution >= 0.6 is 0 Å². The van der Waals surface area contributed by atoms with Crippen LogP contribution < -0.4 is 0 Å². The highest BCUT2D eigenvalue weighted by Crippen LogP contribution is 2.17. The highest BCUT2D eigenvalue weighted by Gasteiger charge is 2.26. The molecule has 6 heteroatoms. The lowest BCUT2D eigenvalue weighted by atomic mass is 10.1. The van der Waals surface area contributed by atoms with Crippen molar-refractivity contribution in [1.29, 1.82) is 0 Å². The Hall–Kier alpha value is -1.95. The van der Waals surface area contributed by atoms with E-state index < -0.39 is 0 Å². The minimum absolute atomic E-state index is 0.00370. The van der Waals surface area contributed by atoms with Gasteiger partial charge >= 0.3 is 0 Å². The van der Waals surface area contributed by atoms with Crippen molar-refractivity contribution in [3.05, 3.63) is 29.7 Å². The van der Waals surface area contributed by atoms with Crippen LogP contribution in [-0.2, 0) is 4.74 Å². The quantitative estimate of drug-likeness (QED) is 0.867. The van der Waals surface area contributed by atoms with Gasteiger partial charge < -0.3 is 9.64 Å². The monoisotopic (exact) mass is 302 g/mol. The maximum absolute atomic E-state index is 12.9. The lowest BCUT2D eigenvalue weighted by Crippen LogP contribution is -2.44. The number of nitrogens with zero attached hydrogens (tertiary/aromatic N) is 4. The Morgan fingerprint density at radius 3 is 3.18 bits per heavy atom.